The van der Waals surface area contributed by atoms with Gasteiger partial charge < -0.3 is 9.38 Å². The molecule has 2 aliphatic heterocycles. The van der Waals surface area contributed by atoms with E-state index in [1.165, 1.54) is 109 Å². The molecule has 2 aromatic heterocycles. The molecular formula is C54H49BN2S. The smallest absolute Gasteiger partial charge is 0.343 e. The Labute approximate surface area is 346 Å². The first-order valence-electron chi connectivity index (χ1n) is 20.9. The van der Waals surface area contributed by atoms with Crippen molar-refractivity contribution in [2.75, 3.05) is 4.90 Å². The van der Waals surface area contributed by atoms with Crippen LogP contribution in [0.3, 0.4) is 0 Å². The molecule has 284 valence electrons. The van der Waals surface area contributed by atoms with E-state index in [1.807, 2.05) is 11.3 Å². The van der Waals surface area contributed by atoms with Gasteiger partial charge in [-0.1, -0.05) is 135 Å². The van der Waals surface area contributed by atoms with Crippen LogP contribution < -0.4 is 15.1 Å². The van der Waals surface area contributed by atoms with Crippen LogP contribution in [0.2, 0.25) is 0 Å². The van der Waals surface area contributed by atoms with Crippen molar-refractivity contribution in [3.8, 4) is 22.3 Å². The van der Waals surface area contributed by atoms with Crippen LogP contribution in [0.15, 0.2) is 133 Å². The molecule has 0 spiro atoms. The summed E-state index contributed by atoms with van der Waals surface area (Å²) < 4.78 is 5.48. The lowest BCUT2D eigenvalue weighted by molar-refractivity contribution is 0.590. The molecule has 0 saturated heterocycles. The number of thiophene rings is 1. The molecule has 4 heterocycles. The average molecular weight is 769 g/mol. The van der Waals surface area contributed by atoms with Crippen molar-refractivity contribution in [2.45, 2.75) is 78.6 Å². The van der Waals surface area contributed by atoms with Gasteiger partial charge in [0.1, 0.15) is 0 Å². The zero-order chi connectivity index (χ0) is 40.0. The summed E-state index contributed by atoms with van der Waals surface area (Å²) in [5.74, 6) is 0. The van der Waals surface area contributed by atoms with Gasteiger partial charge in [-0.05, 0) is 127 Å². The van der Waals surface area contributed by atoms with Crippen LogP contribution >= 0.6 is 11.3 Å². The van der Waals surface area contributed by atoms with Crippen molar-refractivity contribution >= 4 is 88.2 Å². The Balaban J connectivity index is 1.34. The molecule has 2 aliphatic rings. The van der Waals surface area contributed by atoms with E-state index in [9.17, 15) is 0 Å². The molecular weight excluding hydrogens is 719 g/mol. The van der Waals surface area contributed by atoms with Gasteiger partial charge in [-0.15, -0.1) is 11.3 Å². The summed E-state index contributed by atoms with van der Waals surface area (Å²) in [5.41, 5.74) is 17.1. The number of nitrogens with zero attached hydrogens (tertiary/aromatic N) is 2. The molecule has 4 heteroatoms. The standard InChI is InChI=1S/C54H49BN2S/c1-52(2,3)36-19-22-39(23-20-36)56-46-28-35(32-15-11-10-12-16-32)26-41-43-31-38(54(7,8)9)30-42-40-25-33-17-13-14-18-34(33)27-45(40)57(49(42)43)55(48(41)46)51-50(56)44-29-37(53(4,5)6)21-24-47(44)58-51/h10-31H,1-9H3. The first kappa shape index (κ1) is 35.6. The Morgan fingerprint density at radius 3 is 1.83 bits per heavy atom. The second kappa shape index (κ2) is 12.0. The zero-order valence-corrected chi connectivity index (χ0v) is 35.9. The van der Waals surface area contributed by atoms with E-state index in [0.29, 0.717) is 0 Å². The molecule has 9 aromatic rings. The number of benzene rings is 7. The first-order chi connectivity index (χ1) is 27.6. The van der Waals surface area contributed by atoms with Crippen molar-refractivity contribution in [1.82, 2.24) is 4.48 Å². The quantitative estimate of drug-likeness (QED) is 0.159. The third kappa shape index (κ3) is 5.17. The third-order valence-electron chi connectivity index (χ3n) is 13.0. The minimum absolute atomic E-state index is 0.000410. The summed E-state index contributed by atoms with van der Waals surface area (Å²) in [5, 5.41) is 6.57. The van der Waals surface area contributed by atoms with E-state index in [1.54, 1.807) is 0 Å². The number of hydrogen-bond donors (Lipinski definition) is 0. The topological polar surface area (TPSA) is 8.17 Å². The third-order valence-corrected chi connectivity index (χ3v) is 14.2. The molecule has 0 aliphatic carbocycles. The number of hydrogen-bond acceptors (Lipinski definition) is 2. The van der Waals surface area contributed by atoms with E-state index in [4.69, 9.17) is 0 Å². The van der Waals surface area contributed by atoms with E-state index in [0.717, 1.165) is 0 Å². The number of aromatic nitrogens is 1. The second-order valence-corrected chi connectivity index (χ2v) is 21.0. The van der Waals surface area contributed by atoms with Crippen LogP contribution in [0.4, 0.5) is 17.1 Å². The Bertz CT molecular complexity index is 3160. The maximum Gasteiger partial charge on any atom is 0.343 e. The van der Waals surface area contributed by atoms with Crippen molar-refractivity contribution < 1.29 is 0 Å². The van der Waals surface area contributed by atoms with Crippen LogP contribution in [0.1, 0.15) is 79.0 Å². The van der Waals surface area contributed by atoms with Gasteiger partial charge in [0.15, 0.2) is 0 Å². The molecule has 0 N–H and O–H groups in total. The summed E-state index contributed by atoms with van der Waals surface area (Å²) in [6.07, 6.45) is 0. The maximum atomic E-state index is 2.74. The zero-order valence-electron chi connectivity index (χ0n) is 35.1. The van der Waals surface area contributed by atoms with Crippen molar-refractivity contribution in [2.24, 2.45) is 0 Å². The Kier molecular flexibility index (Phi) is 7.36. The lowest BCUT2D eigenvalue weighted by Crippen LogP contribution is -2.55. The molecule has 7 aromatic carbocycles. The molecule has 0 radical (unpaired) electrons. The van der Waals surface area contributed by atoms with Gasteiger partial charge in [0, 0.05) is 53.6 Å². The van der Waals surface area contributed by atoms with Gasteiger partial charge in [-0.25, -0.2) is 0 Å². The molecule has 0 amide bonds. The highest BCUT2D eigenvalue weighted by Gasteiger charge is 2.45. The predicted octanol–water partition coefficient (Wildman–Crippen LogP) is 14.1. The molecule has 0 saturated carbocycles. The molecule has 0 bridgehead atoms. The van der Waals surface area contributed by atoms with Gasteiger partial charge in [0.2, 0.25) is 0 Å². The summed E-state index contributed by atoms with van der Waals surface area (Å²) in [6, 6.07) is 51.5. The van der Waals surface area contributed by atoms with Gasteiger partial charge in [0.25, 0.3) is 0 Å². The van der Waals surface area contributed by atoms with Gasteiger partial charge in [-0.2, -0.15) is 0 Å². The first-order valence-corrected chi connectivity index (χ1v) is 21.7. The van der Waals surface area contributed by atoms with Crippen LogP contribution in [0, 0.1) is 0 Å². The second-order valence-electron chi connectivity index (χ2n) is 19.9. The fourth-order valence-electron chi connectivity index (χ4n) is 9.76. The molecule has 11 rings (SSSR count). The monoisotopic (exact) mass is 768 g/mol. The van der Waals surface area contributed by atoms with Crippen LogP contribution in [0.5, 0.6) is 0 Å². The van der Waals surface area contributed by atoms with Gasteiger partial charge >= 0.3 is 6.85 Å². The minimum atomic E-state index is -0.0336. The number of rotatable bonds is 2. The predicted molar refractivity (Wildman–Crippen MR) is 254 cm³/mol. The molecule has 0 atom stereocenters. The lowest BCUT2D eigenvalue weighted by Gasteiger charge is -2.40. The van der Waals surface area contributed by atoms with Crippen LogP contribution in [-0.4, -0.2) is 11.3 Å². The lowest BCUT2D eigenvalue weighted by atomic mass is 9.48. The number of fused-ring (bicyclic) bond motifs is 10. The van der Waals surface area contributed by atoms with Crippen molar-refractivity contribution in [3.05, 3.63) is 150 Å². The fraction of sp³-hybridized carbons (Fsp3) is 0.222. The van der Waals surface area contributed by atoms with E-state index in [-0.39, 0.29) is 23.1 Å². The van der Waals surface area contributed by atoms with Gasteiger partial charge in [-0.3, -0.25) is 0 Å². The van der Waals surface area contributed by atoms with E-state index < -0.39 is 0 Å². The fourth-order valence-corrected chi connectivity index (χ4v) is 11.0. The Morgan fingerprint density at radius 2 is 1.14 bits per heavy atom. The van der Waals surface area contributed by atoms with Gasteiger partial charge in [0.05, 0.1) is 5.69 Å². The van der Waals surface area contributed by atoms with Crippen LogP contribution in [0.25, 0.3) is 64.9 Å². The largest absolute Gasteiger partial charge is 0.375 e. The van der Waals surface area contributed by atoms with E-state index in [2.05, 4.69) is 205 Å². The summed E-state index contributed by atoms with van der Waals surface area (Å²) in [7, 11) is 0. The molecule has 0 unspecified atom stereocenters. The van der Waals surface area contributed by atoms with Crippen molar-refractivity contribution in [1.29, 1.82) is 0 Å². The highest BCUT2D eigenvalue weighted by Crippen LogP contribution is 2.51. The highest BCUT2D eigenvalue weighted by molar-refractivity contribution is 7.32. The number of anilines is 3. The van der Waals surface area contributed by atoms with E-state index >= 15 is 0 Å². The summed E-state index contributed by atoms with van der Waals surface area (Å²) in [4.78, 5) is 2.63. The van der Waals surface area contributed by atoms with Crippen LogP contribution in [-0.2, 0) is 16.2 Å². The van der Waals surface area contributed by atoms with Crippen molar-refractivity contribution in [3.63, 3.8) is 0 Å². The molecule has 2 nitrogen and oxygen atoms in total. The molecule has 0 fully saturated rings. The summed E-state index contributed by atoms with van der Waals surface area (Å²) in [6.45, 7) is 21.0. The highest BCUT2D eigenvalue weighted by atomic mass is 32.1. The minimum Gasteiger partial charge on any atom is -0.375 e. The summed E-state index contributed by atoms with van der Waals surface area (Å²) >= 11 is 1.98. The Morgan fingerprint density at radius 1 is 0.500 bits per heavy atom. The maximum absolute atomic E-state index is 2.74. The average Bonchev–Trinajstić information content (AvgIpc) is 3.73. The Hall–Kier alpha value is -5.58. The SMILES string of the molecule is CC(C)(C)c1ccc(N2c3cc(-c4ccccc4)cc4c3B(c3sc5ccc(C(C)(C)C)cc5c32)n2c3cc5ccccc5cc3c3cc(C(C)(C)C)cc-4c32)cc1. The molecule has 58 heavy (non-hydrogen) atoms. The normalized spacial score (nSPS) is 13.9.